The normalized spacial score (nSPS) is 10.7. The summed E-state index contributed by atoms with van der Waals surface area (Å²) in [5.41, 5.74) is 13.0. The van der Waals surface area contributed by atoms with Gasteiger partial charge in [0, 0.05) is 24.5 Å². The van der Waals surface area contributed by atoms with Gasteiger partial charge in [0.25, 0.3) is 5.91 Å². The quantitative estimate of drug-likeness (QED) is 0.743. The summed E-state index contributed by atoms with van der Waals surface area (Å²) in [6.45, 7) is 8.42. The fraction of sp³-hybridized carbons (Fsp3) is 0.533. The maximum Gasteiger partial charge on any atom is 0.250 e. The van der Waals surface area contributed by atoms with Gasteiger partial charge in [-0.05, 0) is 31.0 Å². The minimum Gasteiger partial charge on any atom is -0.398 e. The highest BCUT2D eigenvalue weighted by molar-refractivity contribution is 5.99. The number of nitrogens with two attached hydrogens (primary N) is 2. The number of primary amides is 1. The summed E-state index contributed by atoms with van der Waals surface area (Å²) >= 11 is 0. The van der Waals surface area contributed by atoms with Crippen LogP contribution in [0.1, 0.15) is 44.0 Å². The topological polar surface area (TPSA) is 72.3 Å². The van der Waals surface area contributed by atoms with Gasteiger partial charge in [-0.2, -0.15) is 0 Å². The second-order valence-corrected chi connectivity index (χ2v) is 4.86. The van der Waals surface area contributed by atoms with Crippen molar-refractivity contribution in [3.8, 4) is 0 Å². The summed E-state index contributed by atoms with van der Waals surface area (Å²) in [6.07, 6.45) is 2.31. The third kappa shape index (κ3) is 3.88. The molecule has 1 rings (SSSR count). The maximum atomic E-state index is 11.3. The van der Waals surface area contributed by atoms with Gasteiger partial charge in [-0.15, -0.1) is 0 Å². The third-order valence-corrected chi connectivity index (χ3v) is 3.68. The van der Waals surface area contributed by atoms with Crippen molar-refractivity contribution >= 4 is 17.3 Å². The first kappa shape index (κ1) is 15.3. The van der Waals surface area contributed by atoms with E-state index in [-0.39, 0.29) is 0 Å². The van der Waals surface area contributed by atoms with Crippen molar-refractivity contribution in [2.45, 2.75) is 33.6 Å². The lowest BCUT2D eigenvalue weighted by molar-refractivity contribution is 0.100. The molecule has 19 heavy (non-hydrogen) atoms. The average Bonchev–Trinajstić information content (AvgIpc) is 2.41. The molecular formula is C15H25N3O. The minimum atomic E-state index is -0.474. The van der Waals surface area contributed by atoms with E-state index in [0.717, 1.165) is 31.6 Å². The van der Waals surface area contributed by atoms with Crippen LogP contribution in [-0.2, 0) is 0 Å². The molecule has 4 N–H and O–H groups in total. The van der Waals surface area contributed by atoms with Crippen LogP contribution in [0.15, 0.2) is 18.2 Å². The Labute approximate surface area is 115 Å². The van der Waals surface area contributed by atoms with E-state index < -0.39 is 5.91 Å². The van der Waals surface area contributed by atoms with Gasteiger partial charge in [-0.25, -0.2) is 0 Å². The average molecular weight is 263 g/mol. The number of hydrogen-bond acceptors (Lipinski definition) is 3. The molecule has 0 bridgehead atoms. The predicted octanol–water partition coefficient (Wildman–Crippen LogP) is 2.63. The van der Waals surface area contributed by atoms with Gasteiger partial charge in [-0.3, -0.25) is 4.79 Å². The molecule has 0 unspecified atom stereocenters. The molecule has 0 atom stereocenters. The highest BCUT2D eigenvalue weighted by Crippen LogP contribution is 2.23. The predicted molar refractivity (Wildman–Crippen MR) is 81.3 cm³/mol. The highest BCUT2D eigenvalue weighted by Gasteiger charge is 2.13. The summed E-state index contributed by atoms with van der Waals surface area (Å²) < 4.78 is 0. The molecule has 0 aromatic heterocycles. The van der Waals surface area contributed by atoms with E-state index in [1.807, 2.05) is 6.07 Å². The summed E-state index contributed by atoms with van der Waals surface area (Å²) in [4.78, 5) is 13.6. The Hall–Kier alpha value is -1.71. The Morgan fingerprint density at radius 1 is 1.26 bits per heavy atom. The van der Waals surface area contributed by atoms with E-state index in [9.17, 15) is 4.79 Å². The van der Waals surface area contributed by atoms with Crippen molar-refractivity contribution in [1.29, 1.82) is 0 Å². The zero-order chi connectivity index (χ0) is 14.4. The van der Waals surface area contributed by atoms with Gasteiger partial charge in [0.1, 0.15) is 0 Å². The molecule has 106 valence electrons. The first-order valence-corrected chi connectivity index (χ1v) is 6.97. The Balaban J connectivity index is 2.98. The molecular weight excluding hydrogens is 238 g/mol. The number of amides is 1. The Morgan fingerprint density at radius 3 is 2.37 bits per heavy atom. The molecule has 0 aliphatic heterocycles. The zero-order valence-corrected chi connectivity index (χ0v) is 12.1. The van der Waals surface area contributed by atoms with Gasteiger partial charge in [-0.1, -0.05) is 26.7 Å². The number of anilines is 2. The van der Waals surface area contributed by atoms with Gasteiger partial charge in [0.15, 0.2) is 0 Å². The van der Waals surface area contributed by atoms with E-state index in [0.29, 0.717) is 17.2 Å². The number of benzene rings is 1. The van der Waals surface area contributed by atoms with Crippen LogP contribution in [0.3, 0.4) is 0 Å². The number of nitrogen functional groups attached to an aromatic ring is 1. The fourth-order valence-corrected chi connectivity index (χ4v) is 2.23. The third-order valence-electron chi connectivity index (χ3n) is 3.68. The number of carbonyl (C=O) groups excluding carboxylic acids is 1. The van der Waals surface area contributed by atoms with Crippen LogP contribution in [0.4, 0.5) is 11.4 Å². The largest absolute Gasteiger partial charge is 0.398 e. The lowest BCUT2D eigenvalue weighted by Gasteiger charge is -2.28. The molecule has 0 saturated heterocycles. The monoisotopic (exact) mass is 263 g/mol. The molecule has 0 fully saturated rings. The minimum absolute atomic E-state index is 0.403. The molecule has 0 aliphatic carbocycles. The molecule has 1 aromatic rings. The highest BCUT2D eigenvalue weighted by atomic mass is 16.1. The van der Waals surface area contributed by atoms with Crippen molar-refractivity contribution < 1.29 is 4.79 Å². The van der Waals surface area contributed by atoms with Crippen LogP contribution in [-0.4, -0.2) is 19.0 Å². The van der Waals surface area contributed by atoms with Crippen molar-refractivity contribution in [2.75, 3.05) is 23.7 Å². The molecule has 1 aromatic carbocycles. The van der Waals surface area contributed by atoms with Crippen LogP contribution in [0, 0.1) is 5.92 Å². The summed E-state index contributed by atoms with van der Waals surface area (Å²) in [5.74, 6) is 0.187. The Kier molecular flexibility index (Phi) is 5.67. The molecule has 4 nitrogen and oxygen atoms in total. The Morgan fingerprint density at radius 2 is 1.89 bits per heavy atom. The lowest BCUT2D eigenvalue weighted by Crippen LogP contribution is -2.29. The van der Waals surface area contributed by atoms with E-state index >= 15 is 0 Å². The molecule has 0 spiro atoms. The van der Waals surface area contributed by atoms with Gasteiger partial charge in [0.2, 0.25) is 0 Å². The number of hydrogen-bond donors (Lipinski definition) is 2. The second kappa shape index (κ2) is 7.02. The van der Waals surface area contributed by atoms with Gasteiger partial charge in [0.05, 0.1) is 5.56 Å². The standard InChI is InChI=1S/C15H25N3O/c1-4-11(5-2)10-18(6-3)12-7-8-14(16)13(9-12)15(17)19/h7-9,11H,4-6,10,16H2,1-3H3,(H2,17,19). The Bertz CT molecular complexity index is 427. The summed E-state index contributed by atoms with van der Waals surface area (Å²) in [7, 11) is 0. The van der Waals surface area contributed by atoms with Crippen LogP contribution >= 0.6 is 0 Å². The smallest absolute Gasteiger partial charge is 0.250 e. The fourth-order valence-electron chi connectivity index (χ4n) is 2.23. The summed E-state index contributed by atoms with van der Waals surface area (Å²) in [6, 6.07) is 5.50. The maximum absolute atomic E-state index is 11.3. The lowest BCUT2D eigenvalue weighted by atomic mass is 10.0. The van der Waals surface area contributed by atoms with Crippen LogP contribution in [0.2, 0.25) is 0 Å². The van der Waals surface area contributed by atoms with Crippen molar-refractivity contribution in [1.82, 2.24) is 0 Å². The van der Waals surface area contributed by atoms with Crippen LogP contribution < -0.4 is 16.4 Å². The number of carbonyl (C=O) groups is 1. The first-order chi connectivity index (χ1) is 9.03. The van der Waals surface area contributed by atoms with Crippen molar-refractivity contribution in [3.05, 3.63) is 23.8 Å². The van der Waals surface area contributed by atoms with Gasteiger partial charge < -0.3 is 16.4 Å². The number of nitrogens with zero attached hydrogens (tertiary/aromatic N) is 1. The SMILES string of the molecule is CCC(CC)CN(CC)c1ccc(N)c(C(N)=O)c1. The van der Waals surface area contributed by atoms with Crippen molar-refractivity contribution in [3.63, 3.8) is 0 Å². The van der Waals surface area contributed by atoms with Crippen LogP contribution in [0.5, 0.6) is 0 Å². The van der Waals surface area contributed by atoms with E-state index in [1.54, 1.807) is 12.1 Å². The number of rotatable bonds is 7. The molecule has 0 aliphatic rings. The molecule has 0 saturated carbocycles. The molecule has 0 radical (unpaired) electrons. The van der Waals surface area contributed by atoms with Crippen LogP contribution in [0.25, 0.3) is 0 Å². The molecule has 4 heteroatoms. The zero-order valence-electron chi connectivity index (χ0n) is 12.1. The summed E-state index contributed by atoms with van der Waals surface area (Å²) in [5, 5.41) is 0. The molecule has 0 heterocycles. The first-order valence-electron chi connectivity index (χ1n) is 6.97. The van der Waals surface area contributed by atoms with E-state index in [2.05, 4.69) is 25.7 Å². The van der Waals surface area contributed by atoms with Gasteiger partial charge >= 0.3 is 0 Å². The van der Waals surface area contributed by atoms with E-state index in [1.165, 1.54) is 0 Å². The second-order valence-electron chi connectivity index (χ2n) is 4.86. The molecule has 1 amide bonds. The van der Waals surface area contributed by atoms with Crippen molar-refractivity contribution in [2.24, 2.45) is 11.7 Å². The van der Waals surface area contributed by atoms with E-state index in [4.69, 9.17) is 11.5 Å².